The van der Waals surface area contributed by atoms with Crippen LogP contribution in [0.15, 0.2) is 16.3 Å². The number of epoxide rings is 1. The summed E-state index contributed by atoms with van der Waals surface area (Å²) < 4.78 is 17.2. The van der Waals surface area contributed by atoms with Gasteiger partial charge in [0.15, 0.2) is 5.89 Å². The zero-order chi connectivity index (χ0) is 26.8. The maximum absolute atomic E-state index is 13.4. The molecule has 7 atom stereocenters. The van der Waals surface area contributed by atoms with Crippen LogP contribution in [0.5, 0.6) is 0 Å². The number of ether oxygens (including phenoxy) is 2. The minimum absolute atomic E-state index is 0.0721. The number of aryl methyl sites for hydroxylation is 1. The maximum atomic E-state index is 13.4. The fraction of sp³-hybridized carbons (Fsp3) is 0.750. The van der Waals surface area contributed by atoms with Gasteiger partial charge in [0.2, 0.25) is 0 Å². The molecule has 2 saturated heterocycles. The average molecular weight is 506 g/mol. The fourth-order valence-electron chi connectivity index (χ4n) is 5.29. The summed E-state index contributed by atoms with van der Waals surface area (Å²) in [6, 6.07) is 0. The molecule has 8 nitrogen and oxygen atoms in total. The number of cyclic esters (lactones) is 1. The second-order valence-corrected chi connectivity index (χ2v) is 11.5. The summed E-state index contributed by atoms with van der Waals surface area (Å²) in [5.41, 5.74) is -0.104. The number of carbonyl (C=O) groups excluding carboxylic acids is 2. The Kier molecular flexibility index (Phi) is 8.84. The van der Waals surface area contributed by atoms with Crippen LogP contribution in [-0.4, -0.2) is 57.0 Å². The average Bonchev–Trinajstić information content (AvgIpc) is 3.24. The first-order valence-corrected chi connectivity index (χ1v) is 13.2. The Morgan fingerprint density at radius 2 is 1.94 bits per heavy atom. The van der Waals surface area contributed by atoms with Gasteiger partial charge in [-0.05, 0) is 50.7 Å². The Balaban J connectivity index is 1.87. The first kappa shape index (κ1) is 28.5. The Bertz CT molecular complexity index is 967. The molecule has 0 bridgehead atoms. The summed E-state index contributed by atoms with van der Waals surface area (Å²) in [6.07, 6.45) is 3.73. The maximum Gasteiger partial charge on any atom is 0.309 e. The summed E-state index contributed by atoms with van der Waals surface area (Å²) >= 11 is 0. The van der Waals surface area contributed by atoms with Crippen LogP contribution < -0.4 is 0 Å². The van der Waals surface area contributed by atoms with Crippen molar-refractivity contribution in [2.24, 2.45) is 17.3 Å². The Labute approximate surface area is 214 Å². The largest absolute Gasteiger partial charge is 0.458 e. The molecule has 1 aromatic rings. The molecule has 8 heteroatoms. The van der Waals surface area contributed by atoms with Crippen molar-refractivity contribution in [3.8, 4) is 0 Å². The summed E-state index contributed by atoms with van der Waals surface area (Å²) in [5.74, 6) is -0.966. The fourth-order valence-corrected chi connectivity index (χ4v) is 5.29. The van der Waals surface area contributed by atoms with Crippen molar-refractivity contribution in [1.29, 1.82) is 0 Å². The highest BCUT2D eigenvalue weighted by Crippen LogP contribution is 2.45. The first-order chi connectivity index (χ1) is 16.8. The lowest BCUT2D eigenvalue weighted by molar-refractivity contribution is -0.154. The number of hydrogen-bond acceptors (Lipinski definition) is 8. The Hall–Kier alpha value is -2.03. The number of ketones is 1. The van der Waals surface area contributed by atoms with Crippen LogP contribution in [0.1, 0.15) is 91.7 Å². The lowest BCUT2D eigenvalue weighted by Gasteiger charge is -2.35. The van der Waals surface area contributed by atoms with Crippen molar-refractivity contribution < 1.29 is 33.7 Å². The van der Waals surface area contributed by atoms with E-state index in [9.17, 15) is 19.8 Å². The predicted octanol–water partition coefficient (Wildman–Crippen LogP) is 4.40. The number of aliphatic hydroxyl groups is 2. The van der Waals surface area contributed by atoms with Crippen LogP contribution in [0.2, 0.25) is 0 Å². The van der Waals surface area contributed by atoms with Gasteiger partial charge in [0.1, 0.15) is 23.8 Å². The molecule has 0 spiro atoms. The van der Waals surface area contributed by atoms with E-state index in [0.717, 1.165) is 24.8 Å². The van der Waals surface area contributed by atoms with Crippen LogP contribution in [0.4, 0.5) is 0 Å². The molecule has 0 aliphatic carbocycles. The van der Waals surface area contributed by atoms with Crippen molar-refractivity contribution in [2.75, 3.05) is 0 Å². The number of Topliss-reactive ketones (excluding diaryl/α,β-unsaturated/α-hetero) is 1. The monoisotopic (exact) mass is 505 g/mol. The summed E-state index contributed by atoms with van der Waals surface area (Å²) in [5, 5.41) is 22.0. The van der Waals surface area contributed by atoms with Crippen molar-refractivity contribution in [2.45, 2.75) is 117 Å². The molecule has 2 N–H and O–H groups in total. The molecule has 0 radical (unpaired) electrons. The number of fused-ring (bicyclic) bond motifs is 1. The SMILES string of the molecule is CCC1C(=O)C(C)(C)C(O)CC(=O)OC(C(C)=Cc2coc(C)n2)CC2OC2(C)CCCC(C)C1O. The number of aromatic nitrogens is 1. The van der Waals surface area contributed by atoms with E-state index >= 15 is 0 Å². The molecule has 7 unspecified atom stereocenters. The number of oxazole rings is 1. The van der Waals surface area contributed by atoms with E-state index in [1.165, 1.54) is 0 Å². The van der Waals surface area contributed by atoms with E-state index in [1.54, 1.807) is 27.0 Å². The molecule has 1 aromatic heterocycles. The topological polar surface area (TPSA) is 122 Å². The number of rotatable bonds is 3. The van der Waals surface area contributed by atoms with Gasteiger partial charge < -0.3 is 24.1 Å². The number of esters is 1. The van der Waals surface area contributed by atoms with Crippen LogP contribution in [0.3, 0.4) is 0 Å². The number of aliphatic hydroxyl groups excluding tert-OH is 2. The van der Waals surface area contributed by atoms with E-state index in [1.807, 2.05) is 26.8 Å². The Morgan fingerprint density at radius 3 is 2.56 bits per heavy atom. The second kappa shape index (κ2) is 11.2. The van der Waals surface area contributed by atoms with Gasteiger partial charge in [-0.25, -0.2) is 4.98 Å². The molecule has 2 fully saturated rings. The molecular formula is C28H43NO7. The highest BCUT2D eigenvalue weighted by Gasteiger charge is 2.53. The zero-order valence-corrected chi connectivity index (χ0v) is 22.7. The number of carbonyl (C=O) groups is 2. The van der Waals surface area contributed by atoms with Crippen LogP contribution in [-0.2, 0) is 19.1 Å². The van der Waals surface area contributed by atoms with Gasteiger partial charge in [0.25, 0.3) is 0 Å². The predicted molar refractivity (Wildman–Crippen MR) is 135 cm³/mol. The van der Waals surface area contributed by atoms with Gasteiger partial charge >= 0.3 is 5.97 Å². The van der Waals surface area contributed by atoms with Gasteiger partial charge in [-0.2, -0.15) is 0 Å². The minimum atomic E-state index is -1.24. The second-order valence-electron chi connectivity index (χ2n) is 11.5. The molecule has 3 rings (SSSR count). The number of hydrogen-bond donors (Lipinski definition) is 2. The van der Waals surface area contributed by atoms with Gasteiger partial charge in [-0.3, -0.25) is 9.59 Å². The lowest BCUT2D eigenvalue weighted by atomic mass is 9.71. The molecule has 0 saturated carbocycles. The van der Waals surface area contributed by atoms with E-state index < -0.39 is 35.6 Å². The molecule has 202 valence electrons. The third-order valence-corrected chi connectivity index (χ3v) is 8.19. The van der Waals surface area contributed by atoms with Gasteiger partial charge in [-0.1, -0.05) is 34.1 Å². The van der Waals surface area contributed by atoms with Crippen LogP contribution >= 0.6 is 0 Å². The van der Waals surface area contributed by atoms with Gasteiger partial charge in [-0.15, -0.1) is 0 Å². The van der Waals surface area contributed by atoms with Crippen LogP contribution in [0.25, 0.3) is 6.08 Å². The molecular weight excluding hydrogens is 462 g/mol. The third-order valence-electron chi connectivity index (χ3n) is 8.19. The standard InChI is InChI=1S/C28H43NO7/c1-8-20-25(32)16(2)10-9-11-28(7)23(36-28)13-21(17(3)12-19-15-34-18(4)29-19)35-24(31)14-22(30)27(5,6)26(20)33/h12,15-16,20-23,25,30,32H,8-11,13-14H2,1-7H3. The van der Waals surface area contributed by atoms with Gasteiger partial charge in [0, 0.05) is 19.3 Å². The molecule has 36 heavy (non-hydrogen) atoms. The highest BCUT2D eigenvalue weighted by atomic mass is 16.6. The van der Waals surface area contributed by atoms with Crippen LogP contribution in [0, 0.1) is 24.2 Å². The van der Waals surface area contributed by atoms with E-state index in [2.05, 4.69) is 11.9 Å². The zero-order valence-electron chi connectivity index (χ0n) is 22.7. The molecule has 2 aliphatic rings. The van der Waals surface area contributed by atoms with Gasteiger partial charge in [0.05, 0.1) is 35.7 Å². The van der Waals surface area contributed by atoms with Crippen molar-refractivity contribution >= 4 is 17.8 Å². The third kappa shape index (κ3) is 6.45. The summed E-state index contributed by atoms with van der Waals surface area (Å²) in [7, 11) is 0. The highest BCUT2D eigenvalue weighted by molar-refractivity contribution is 5.88. The smallest absolute Gasteiger partial charge is 0.309 e. The lowest BCUT2D eigenvalue weighted by Crippen LogP contribution is -2.46. The molecule has 3 heterocycles. The molecule has 0 aromatic carbocycles. The Morgan fingerprint density at radius 1 is 1.25 bits per heavy atom. The minimum Gasteiger partial charge on any atom is -0.458 e. The first-order valence-electron chi connectivity index (χ1n) is 13.2. The normalized spacial score (nSPS) is 36.8. The van der Waals surface area contributed by atoms with Crippen molar-refractivity contribution in [3.05, 3.63) is 23.4 Å². The van der Waals surface area contributed by atoms with Crippen molar-refractivity contribution in [3.63, 3.8) is 0 Å². The van der Waals surface area contributed by atoms with E-state index in [0.29, 0.717) is 24.4 Å². The van der Waals surface area contributed by atoms with E-state index in [4.69, 9.17) is 13.9 Å². The number of nitrogens with zero attached hydrogens (tertiary/aromatic N) is 1. The van der Waals surface area contributed by atoms with Crippen molar-refractivity contribution in [1.82, 2.24) is 4.98 Å². The quantitative estimate of drug-likeness (QED) is 0.458. The molecule has 0 amide bonds. The summed E-state index contributed by atoms with van der Waals surface area (Å²) in [4.78, 5) is 30.7. The molecule has 2 aliphatic heterocycles. The summed E-state index contributed by atoms with van der Waals surface area (Å²) in [6.45, 7) is 12.8. The van der Waals surface area contributed by atoms with E-state index in [-0.39, 0.29) is 29.8 Å².